The molecule has 32 heavy (non-hydrogen) atoms. The van der Waals surface area contributed by atoms with Crippen molar-refractivity contribution < 1.29 is 19.1 Å². The van der Waals surface area contributed by atoms with Crippen molar-refractivity contribution in [2.75, 3.05) is 13.2 Å². The van der Waals surface area contributed by atoms with Crippen LogP contribution in [0.1, 0.15) is 28.4 Å². The molecule has 3 rings (SSSR count). The van der Waals surface area contributed by atoms with E-state index in [0.29, 0.717) is 30.3 Å². The molecule has 0 spiro atoms. The molecule has 3 aromatic carbocycles. The van der Waals surface area contributed by atoms with Crippen LogP contribution in [-0.2, 0) is 11.4 Å². The molecular formula is C25H25N3O4. The fourth-order valence-corrected chi connectivity index (χ4v) is 2.78. The Balaban J connectivity index is 1.43. The van der Waals surface area contributed by atoms with E-state index in [1.807, 2.05) is 61.5 Å². The molecule has 0 radical (unpaired) electrons. The number of nitrogens with one attached hydrogen (secondary N) is 2. The predicted molar refractivity (Wildman–Crippen MR) is 123 cm³/mol. The molecule has 0 aliphatic carbocycles. The lowest BCUT2D eigenvalue weighted by Gasteiger charge is -2.07. The second kappa shape index (κ2) is 11.9. The van der Waals surface area contributed by atoms with Gasteiger partial charge in [0.05, 0.1) is 19.4 Å². The van der Waals surface area contributed by atoms with Gasteiger partial charge in [-0.15, -0.1) is 0 Å². The second-order valence-electron chi connectivity index (χ2n) is 6.78. The highest BCUT2D eigenvalue weighted by atomic mass is 16.5. The van der Waals surface area contributed by atoms with Gasteiger partial charge in [-0.2, -0.15) is 5.10 Å². The van der Waals surface area contributed by atoms with Gasteiger partial charge in [-0.1, -0.05) is 42.5 Å². The van der Waals surface area contributed by atoms with Gasteiger partial charge in [0.2, 0.25) is 0 Å². The molecule has 2 N–H and O–H groups in total. The lowest BCUT2D eigenvalue weighted by molar-refractivity contribution is -0.120. The minimum atomic E-state index is -0.433. The highest BCUT2D eigenvalue weighted by Crippen LogP contribution is 2.14. The molecule has 0 bridgehead atoms. The minimum Gasteiger partial charge on any atom is -0.494 e. The van der Waals surface area contributed by atoms with Crippen molar-refractivity contribution >= 4 is 18.0 Å². The first-order valence-corrected chi connectivity index (χ1v) is 10.2. The van der Waals surface area contributed by atoms with E-state index in [-0.39, 0.29) is 12.5 Å². The minimum absolute atomic E-state index is 0.191. The van der Waals surface area contributed by atoms with Crippen LogP contribution in [-0.4, -0.2) is 31.2 Å². The van der Waals surface area contributed by atoms with Gasteiger partial charge in [0.1, 0.15) is 18.1 Å². The van der Waals surface area contributed by atoms with Gasteiger partial charge in [-0.3, -0.25) is 9.59 Å². The largest absolute Gasteiger partial charge is 0.494 e. The van der Waals surface area contributed by atoms with Crippen LogP contribution in [0.15, 0.2) is 84.0 Å². The van der Waals surface area contributed by atoms with Crippen molar-refractivity contribution in [3.63, 3.8) is 0 Å². The van der Waals surface area contributed by atoms with Crippen LogP contribution in [0.4, 0.5) is 0 Å². The maximum Gasteiger partial charge on any atom is 0.259 e. The Labute approximate surface area is 187 Å². The van der Waals surface area contributed by atoms with Crippen LogP contribution in [0.3, 0.4) is 0 Å². The number of hydrazone groups is 1. The Morgan fingerprint density at radius 1 is 0.906 bits per heavy atom. The first kappa shape index (κ1) is 22.6. The smallest absolute Gasteiger partial charge is 0.259 e. The summed E-state index contributed by atoms with van der Waals surface area (Å²) in [6, 6.07) is 24.0. The summed E-state index contributed by atoms with van der Waals surface area (Å²) in [5, 5.41) is 6.49. The molecule has 0 heterocycles. The molecular weight excluding hydrogens is 406 g/mol. The van der Waals surface area contributed by atoms with E-state index in [1.165, 1.54) is 6.21 Å². The van der Waals surface area contributed by atoms with Gasteiger partial charge in [0.15, 0.2) is 0 Å². The van der Waals surface area contributed by atoms with E-state index in [2.05, 4.69) is 15.8 Å². The Morgan fingerprint density at radius 3 is 2.44 bits per heavy atom. The lowest BCUT2D eigenvalue weighted by atomic mass is 10.2. The van der Waals surface area contributed by atoms with Crippen LogP contribution in [0, 0.1) is 0 Å². The first-order valence-electron chi connectivity index (χ1n) is 10.2. The number of nitrogens with zero attached hydrogens (tertiary/aromatic N) is 1. The highest BCUT2D eigenvalue weighted by molar-refractivity contribution is 5.96. The van der Waals surface area contributed by atoms with Crippen molar-refractivity contribution in [1.82, 2.24) is 10.7 Å². The normalized spacial score (nSPS) is 10.5. The highest BCUT2D eigenvalue weighted by Gasteiger charge is 2.08. The molecule has 7 nitrogen and oxygen atoms in total. The number of ether oxygens (including phenoxy) is 2. The third-order valence-electron chi connectivity index (χ3n) is 4.35. The molecule has 0 fully saturated rings. The summed E-state index contributed by atoms with van der Waals surface area (Å²) in [6.07, 6.45) is 1.52. The number of amides is 2. The van der Waals surface area contributed by atoms with Crippen molar-refractivity contribution in [3.8, 4) is 11.5 Å². The maximum absolute atomic E-state index is 12.1. The molecule has 0 saturated carbocycles. The average molecular weight is 431 g/mol. The molecule has 2 amide bonds. The third-order valence-corrected chi connectivity index (χ3v) is 4.35. The quantitative estimate of drug-likeness (QED) is 0.380. The SMILES string of the molecule is CCOc1ccc(C(=O)NCC(=O)N/N=C/c2cccc(OCc3ccccc3)c2)cc1. The van der Waals surface area contributed by atoms with Gasteiger partial charge in [-0.05, 0) is 54.4 Å². The van der Waals surface area contributed by atoms with Gasteiger partial charge >= 0.3 is 0 Å². The lowest BCUT2D eigenvalue weighted by Crippen LogP contribution is -2.34. The van der Waals surface area contributed by atoms with Gasteiger partial charge in [0.25, 0.3) is 11.8 Å². The molecule has 0 aromatic heterocycles. The van der Waals surface area contributed by atoms with Crippen LogP contribution in [0.2, 0.25) is 0 Å². The molecule has 0 aliphatic rings. The summed E-state index contributed by atoms with van der Waals surface area (Å²) >= 11 is 0. The van der Waals surface area contributed by atoms with E-state index in [9.17, 15) is 9.59 Å². The summed E-state index contributed by atoms with van der Waals surface area (Å²) in [5.41, 5.74) is 4.69. The van der Waals surface area contributed by atoms with Crippen molar-refractivity contribution in [2.24, 2.45) is 5.10 Å². The fourth-order valence-electron chi connectivity index (χ4n) is 2.78. The van der Waals surface area contributed by atoms with Gasteiger partial charge < -0.3 is 14.8 Å². The standard InChI is InChI=1S/C25H25N3O4/c1-2-31-22-13-11-21(12-14-22)25(30)26-17-24(29)28-27-16-20-9-6-10-23(15-20)32-18-19-7-4-3-5-8-19/h3-16H,2,17-18H2,1H3,(H,26,30)(H,28,29)/b27-16+. The summed E-state index contributed by atoms with van der Waals surface area (Å²) in [6.45, 7) is 2.71. The van der Waals surface area contributed by atoms with Crippen LogP contribution < -0.4 is 20.2 Å². The average Bonchev–Trinajstić information content (AvgIpc) is 2.83. The monoisotopic (exact) mass is 431 g/mol. The number of carbonyl (C=O) groups is 2. The topological polar surface area (TPSA) is 89.0 Å². The zero-order valence-electron chi connectivity index (χ0n) is 17.8. The molecule has 0 unspecified atom stereocenters. The molecule has 164 valence electrons. The number of hydrogen-bond acceptors (Lipinski definition) is 5. The predicted octanol–water partition coefficient (Wildman–Crippen LogP) is 3.54. The number of benzene rings is 3. The van der Waals surface area contributed by atoms with Gasteiger partial charge in [0, 0.05) is 5.56 Å². The summed E-state index contributed by atoms with van der Waals surface area (Å²) < 4.78 is 11.1. The maximum atomic E-state index is 12.1. The molecule has 0 aliphatic heterocycles. The van der Waals surface area contributed by atoms with Crippen molar-refractivity contribution in [1.29, 1.82) is 0 Å². The number of carbonyl (C=O) groups excluding carboxylic acids is 2. The third kappa shape index (κ3) is 7.28. The molecule has 7 heteroatoms. The zero-order chi connectivity index (χ0) is 22.6. The molecule has 0 saturated heterocycles. The Bertz CT molecular complexity index is 1050. The van der Waals surface area contributed by atoms with Crippen LogP contribution >= 0.6 is 0 Å². The Hall–Kier alpha value is -4.13. The number of hydrogen-bond donors (Lipinski definition) is 2. The zero-order valence-corrected chi connectivity index (χ0v) is 17.8. The number of rotatable bonds is 10. The summed E-state index contributed by atoms with van der Waals surface area (Å²) in [4.78, 5) is 24.1. The second-order valence-corrected chi connectivity index (χ2v) is 6.78. The van der Waals surface area contributed by atoms with E-state index in [1.54, 1.807) is 24.3 Å². The van der Waals surface area contributed by atoms with E-state index in [4.69, 9.17) is 9.47 Å². The van der Waals surface area contributed by atoms with Crippen LogP contribution in [0.25, 0.3) is 0 Å². The molecule has 0 atom stereocenters. The van der Waals surface area contributed by atoms with Crippen molar-refractivity contribution in [2.45, 2.75) is 13.5 Å². The van der Waals surface area contributed by atoms with E-state index in [0.717, 1.165) is 11.1 Å². The summed E-state index contributed by atoms with van der Waals surface area (Å²) in [7, 11) is 0. The van der Waals surface area contributed by atoms with E-state index >= 15 is 0 Å². The summed E-state index contributed by atoms with van der Waals surface area (Å²) in [5.74, 6) is 0.602. The van der Waals surface area contributed by atoms with Gasteiger partial charge in [-0.25, -0.2) is 5.43 Å². The Kier molecular flexibility index (Phi) is 8.39. The van der Waals surface area contributed by atoms with Crippen molar-refractivity contribution in [3.05, 3.63) is 95.6 Å². The molecule has 3 aromatic rings. The van der Waals surface area contributed by atoms with Crippen LogP contribution in [0.5, 0.6) is 11.5 Å². The first-order chi connectivity index (χ1) is 15.6. The van der Waals surface area contributed by atoms with E-state index < -0.39 is 5.91 Å². The fraction of sp³-hybridized carbons (Fsp3) is 0.160. The Morgan fingerprint density at radius 2 is 1.69 bits per heavy atom.